The van der Waals surface area contributed by atoms with Crippen LogP contribution in [0.1, 0.15) is 6.42 Å². The number of aromatic nitrogens is 1. The second-order valence-electron chi connectivity index (χ2n) is 4.43. The number of hydrogen-bond donors (Lipinski definition) is 1. The van der Waals surface area contributed by atoms with E-state index in [1.165, 1.54) is 6.07 Å². The summed E-state index contributed by atoms with van der Waals surface area (Å²) in [5, 5.41) is 0. The molecule has 1 saturated heterocycles. The molecule has 100 valence electrons. The Hall–Kier alpha value is -0.720. The summed E-state index contributed by atoms with van der Waals surface area (Å²) in [6.45, 7) is 5.15. The lowest BCUT2D eigenvalue weighted by molar-refractivity contribution is 0.302. The van der Waals surface area contributed by atoms with Crippen molar-refractivity contribution in [2.24, 2.45) is 5.73 Å². The quantitative estimate of drug-likeness (QED) is 0.917. The molecule has 0 saturated carbocycles. The van der Waals surface area contributed by atoms with Crippen molar-refractivity contribution < 1.29 is 4.39 Å². The third-order valence-corrected chi connectivity index (χ3v) is 3.56. The van der Waals surface area contributed by atoms with E-state index in [2.05, 4.69) is 25.8 Å². The summed E-state index contributed by atoms with van der Waals surface area (Å²) >= 11 is 3.22. The van der Waals surface area contributed by atoms with E-state index in [-0.39, 0.29) is 5.82 Å². The molecule has 0 unspecified atom stereocenters. The van der Waals surface area contributed by atoms with E-state index >= 15 is 0 Å². The predicted molar refractivity (Wildman–Crippen MR) is 74.2 cm³/mol. The summed E-state index contributed by atoms with van der Waals surface area (Å²) < 4.78 is 14.5. The van der Waals surface area contributed by atoms with Crippen LogP contribution in [0.4, 0.5) is 10.2 Å². The Morgan fingerprint density at radius 3 is 2.89 bits per heavy atom. The molecule has 1 aromatic heterocycles. The first-order chi connectivity index (χ1) is 8.70. The first-order valence-corrected chi connectivity index (χ1v) is 6.98. The molecule has 2 N–H and O–H groups in total. The van der Waals surface area contributed by atoms with E-state index in [4.69, 9.17) is 5.73 Å². The summed E-state index contributed by atoms with van der Waals surface area (Å²) in [5.74, 6) is 0.185. The third kappa shape index (κ3) is 3.40. The predicted octanol–water partition coefficient (Wildman–Crippen LogP) is 1.45. The van der Waals surface area contributed by atoms with Crippen molar-refractivity contribution in [1.29, 1.82) is 0 Å². The van der Waals surface area contributed by atoms with Gasteiger partial charge in [0.25, 0.3) is 0 Å². The molecule has 0 atom stereocenters. The second kappa shape index (κ2) is 6.45. The standard InChI is InChI=1S/C12H18BrFN4/c13-10-8-11(14)12(16-9-10)18-4-1-3-17(5-2-15)6-7-18/h8-9H,1-7,15H2. The van der Waals surface area contributed by atoms with Crippen LogP contribution in [0, 0.1) is 5.82 Å². The van der Waals surface area contributed by atoms with Gasteiger partial charge < -0.3 is 15.5 Å². The van der Waals surface area contributed by atoms with Crippen LogP contribution in [0.25, 0.3) is 0 Å². The van der Waals surface area contributed by atoms with Crippen molar-refractivity contribution in [2.75, 3.05) is 44.2 Å². The molecule has 0 radical (unpaired) electrons. The molecule has 0 aromatic carbocycles. The zero-order chi connectivity index (χ0) is 13.0. The molecule has 4 nitrogen and oxygen atoms in total. The molecule has 0 aliphatic carbocycles. The van der Waals surface area contributed by atoms with Crippen molar-refractivity contribution in [3.05, 3.63) is 22.6 Å². The number of hydrogen-bond acceptors (Lipinski definition) is 4. The van der Waals surface area contributed by atoms with Crippen LogP contribution in [0.5, 0.6) is 0 Å². The zero-order valence-electron chi connectivity index (χ0n) is 10.3. The Kier molecular flexibility index (Phi) is 4.91. The maximum Gasteiger partial charge on any atom is 0.166 e. The molecular weight excluding hydrogens is 299 g/mol. The van der Waals surface area contributed by atoms with E-state index < -0.39 is 0 Å². The van der Waals surface area contributed by atoms with Crippen molar-refractivity contribution in [2.45, 2.75) is 6.42 Å². The number of anilines is 1. The summed E-state index contributed by atoms with van der Waals surface area (Å²) in [5.41, 5.74) is 5.56. The van der Waals surface area contributed by atoms with Crippen LogP contribution in [0.3, 0.4) is 0 Å². The first-order valence-electron chi connectivity index (χ1n) is 6.19. The molecule has 0 amide bonds. The van der Waals surface area contributed by atoms with Gasteiger partial charge in [-0.25, -0.2) is 9.37 Å². The number of nitrogens with zero attached hydrogens (tertiary/aromatic N) is 3. The summed E-state index contributed by atoms with van der Waals surface area (Å²) in [6, 6.07) is 1.46. The molecule has 18 heavy (non-hydrogen) atoms. The monoisotopic (exact) mass is 316 g/mol. The lowest BCUT2D eigenvalue weighted by Gasteiger charge is -2.22. The Morgan fingerprint density at radius 2 is 2.17 bits per heavy atom. The average Bonchev–Trinajstić information content (AvgIpc) is 2.55. The second-order valence-corrected chi connectivity index (χ2v) is 5.35. The van der Waals surface area contributed by atoms with Gasteiger partial charge in [0.1, 0.15) is 0 Å². The minimum atomic E-state index is -0.267. The van der Waals surface area contributed by atoms with Gasteiger partial charge in [0, 0.05) is 43.4 Å². The van der Waals surface area contributed by atoms with Gasteiger partial charge in [0.05, 0.1) is 0 Å². The van der Waals surface area contributed by atoms with Gasteiger partial charge in [-0.3, -0.25) is 0 Å². The SMILES string of the molecule is NCCN1CCCN(c2ncc(Br)cc2F)CC1. The minimum Gasteiger partial charge on any atom is -0.353 e. The third-order valence-electron chi connectivity index (χ3n) is 3.12. The minimum absolute atomic E-state index is 0.267. The topological polar surface area (TPSA) is 45.4 Å². The fraction of sp³-hybridized carbons (Fsp3) is 0.583. The van der Waals surface area contributed by atoms with Crippen LogP contribution in [-0.4, -0.2) is 49.2 Å². The fourth-order valence-corrected chi connectivity index (χ4v) is 2.53. The van der Waals surface area contributed by atoms with Crippen molar-refractivity contribution >= 4 is 21.7 Å². The van der Waals surface area contributed by atoms with Gasteiger partial charge in [-0.15, -0.1) is 0 Å². The van der Waals surface area contributed by atoms with Gasteiger partial charge in [0.2, 0.25) is 0 Å². The normalized spacial score (nSPS) is 17.8. The Bertz CT molecular complexity index is 402. The summed E-state index contributed by atoms with van der Waals surface area (Å²) in [4.78, 5) is 8.50. The Morgan fingerprint density at radius 1 is 1.33 bits per heavy atom. The molecule has 1 fully saturated rings. The summed E-state index contributed by atoms with van der Waals surface area (Å²) in [7, 11) is 0. The highest BCUT2D eigenvalue weighted by atomic mass is 79.9. The van der Waals surface area contributed by atoms with Gasteiger partial charge in [-0.05, 0) is 35.0 Å². The maximum atomic E-state index is 13.8. The first kappa shape index (κ1) is 13.7. The van der Waals surface area contributed by atoms with E-state index in [9.17, 15) is 4.39 Å². The van der Waals surface area contributed by atoms with Gasteiger partial charge in [-0.1, -0.05) is 0 Å². The number of halogens is 2. The van der Waals surface area contributed by atoms with E-state index in [0.29, 0.717) is 16.8 Å². The molecule has 6 heteroatoms. The van der Waals surface area contributed by atoms with E-state index in [0.717, 1.165) is 39.1 Å². The van der Waals surface area contributed by atoms with Crippen LogP contribution < -0.4 is 10.6 Å². The molecule has 1 aromatic rings. The van der Waals surface area contributed by atoms with E-state index in [1.807, 2.05) is 4.90 Å². The number of pyridine rings is 1. The highest BCUT2D eigenvalue weighted by molar-refractivity contribution is 9.10. The molecular formula is C12H18BrFN4. The molecule has 0 bridgehead atoms. The van der Waals surface area contributed by atoms with Gasteiger partial charge >= 0.3 is 0 Å². The maximum absolute atomic E-state index is 13.8. The van der Waals surface area contributed by atoms with E-state index in [1.54, 1.807) is 6.20 Å². The fourth-order valence-electron chi connectivity index (χ4n) is 2.23. The number of rotatable bonds is 3. The lowest BCUT2D eigenvalue weighted by Crippen LogP contribution is -2.34. The van der Waals surface area contributed by atoms with Crippen molar-refractivity contribution in [3.63, 3.8) is 0 Å². The highest BCUT2D eigenvalue weighted by Gasteiger charge is 2.18. The lowest BCUT2D eigenvalue weighted by atomic mass is 10.3. The summed E-state index contributed by atoms with van der Waals surface area (Å²) in [6.07, 6.45) is 2.65. The molecule has 0 spiro atoms. The number of nitrogens with two attached hydrogens (primary N) is 1. The van der Waals surface area contributed by atoms with Crippen molar-refractivity contribution in [3.8, 4) is 0 Å². The van der Waals surface area contributed by atoms with Gasteiger partial charge in [-0.2, -0.15) is 0 Å². The molecule has 1 aliphatic heterocycles. The van der Waals surface area contributed by atoms with Crippen LogP contribution in [0.15, 0.2) is 16.7 Å². The Labute approximate surface area is 115 Å². The smallest absolute Gasteiger partial charge is 0.166 e. The zero-order valence-corrected chi connectivity index (χ0v) is 11.9. The van der Waals surface area contributed by atoms with Crippen LogP contribution in [-0.2, 0) is 0 Å². The van der Waals surface area contributed by atoms with Crippen molar-refractivity contribution in [1.82, 2.24) is 9.88 Å². The molecule has 2 heterocycles. The largest absolute Gasteiger partial charge is 0.353 e. The highest BCUT2D eigenvalue weighted by Crippen LogP contribution is 2.21. The molecule has 2 rings (SSSR count). The average molecular weight is 317 g/mol. The van der Waals surface area contributed by atoms with Gasteiger partial charge in [0.15, 0.2) is 11.6 Å². The van der Waals surface area contributed by atoms with Crippen LogP contribution >= 0.6 is 15.9 Å². The Balaban J connectivity index is 2.05. The van der Waals surface area contributed by atoms with Crippen LogP contribution in [0.2, 0.25) is 0 Å². The molecule has 1 aliphatic rings.